The number of hydrogen-bond acceptors (Lipinski definition) is 7. The summed E-state index contributed by atoms with van der Waals surface area (Å²) in [6.07, 6.45) is 0.912. The average molecular weight is 356 g/mol. The minimum absolute atomic E-state index is 0.167. The summed E-state index contributed by atoms with van der Waals surface area (Å²) in [6.45, 7) is 9.57. The van der Waals surface area contributed by atoms with Crippen LogP contribution >= 0.6 is 0 Å². The zero-order valence-corrected chi connectivity index (χ0v) is 15.2. The molecule has 0 saturated carbocycles. The fourth-order valence-electron chi connectivity index (χ4n) is 2.94. The Hall–Kier alpha value is -1.55. The van der Waals surface area contributed by atoms with Gasteiger partial charge in [-0.1, -0.05) is 6.92 Å². The van der Waals surface area contributed by atoms with E-state index < -0.39 is 0 Å². The molecule has 1 saturated heterocycles. The van der Waals surface area contributed by atoms with Crippen molar-refractivity contribution in [2.45, 2.75) is 6.92 Å². The maximum absolute atomic E-state index is 11.3. The number of carbonyl (C=O) groups is 3. The summed E-state index contributed by atoms with van der Waals surface area (Å²) in [5.74, 6) is -0.735. The summed E-state index contributed by atoms with van der Waals surface area (Å²) in [5, 5.41) is 0. The summed E-state index contributed by atoms with van der Waals surface area (Å²) in [6, 6.07) is 0. The third-order valence-corrected chi connectivity index (χ3v) is 4.47. The highest BCUT2D eigenvalue weighted by Gasteiger charge is 2.17. The molecule has 0 radical (unpaired) electrons. The molecule has 144 valence electrons. The van der Waals surface area contributed by atoms with Gasteiger partial charge in [-0.3, -0.25) is 24.3 Å². The molecule has 9 nitrogen and oxygen atoms in total. The van der Waals surface area contributed by atoms with E-state index in [4.69, 9.17) is 11.5 Å². The maximum Gasteiger partial charge on any atom is 0.231 e. The SMILES string of the molecule is CCN1CCN(CC=O)CCN(CC(N)=O)CCN(CC(N)=O)CC1. The van der Waals surface area contributed by atoms with Crippen molar-refractivity contribution < 1.29 is 14.4 Å². The van der Waals surface area contributed by atoms with Crippen molar-refractivity contribution in [2.75, 3.05) is 78.5 Å². The second-order valence-corrected chi connectivity index (χ2v) is 6.39. The van der Waals surface area contributed by atoms with Crippen molar-refractivity contribution >= 4 is 18.1 Å². The molecule has 1 heterocycles. The molecule has 0 aromatic heterocycles. The molecule has 0 bridgehead atoms. The molecule has 1 rings (SSSR count). The van der Waals surface area contributed by atoms with Crippen molar-refractivity contribution in [3.63, 3.8) is 0 Å². The van der Waals surface area contributed by atoms with Gasteiger partial charge < -0.3 is 21.2 Å². The van der Waals surface area contributed by atoms with Gasteiger partial charge in [-0.2, -0.15) is 0 Å². The second-order valence-electron chi connectivity index (χ2n) is 6.39. The number of rotatable bonds is 7. The molecule has 4 N–H and O–H groups in total. The Morgan fingerprint density at radius 2 is 1.12 bits per heavy atom. The second kappa shape index (κ2) is 11.9. The molecule has 25 heavy (non-hydrogen) atoms. The Balaban J connectivity index is 2.78. The number of nitrogens with zero attached hydrogens (tertiary/aromatic N) is 4. The minimum atomic E-state index is -0.382. The van der Waals surface area contributed by atoms with Gasteiger partial charge in [-0.25, -0.2) is 0 Å². The molecule has 0 aliphatic carbocycles. The number of primary amides is 2. The number of aldehydes is 1. The number of amides is 2. The Morgan fingerprint density at radius 1 is 0.760 bits per heavy atom. The van der Waals surface area contributed by atoms with Crippen molar-refractivity contribution in [2.24, 2.45) is 11.5 Å². The Morgan fingerprint density at radius 3 is 1.44 bits per heavy atom. The highest BCUT2D eigenvalue weighted by atomic mass is 16.1. The normalized spacial score (nSPS) is 20.5. The first kappa shape index (κ1) is 21.5. The van der Waals surface area contributed by atoms with Gasteiger partial charge >= 0.3 is 0 Å². The first-order valence-electron chi connectivity index (χ1n) is 8.84. The van der Waals surface area contributed by atoms with Crippen LogP contribution < -0.4 is 11.5 Å². The molecular formula is C16H32N6O3. The first-order valence-corrected chi connectivity index (χ1v) is 8.84. The summed E-state index contributed by atoms with van der Waals surface area (Å²) < 4.78 is 0. The molecule has 1 aliphatic heterocycles. The van der Waals surface area contributed by atoms with Gasteiger partial charge in [0.1, 0.15) is 6.29 Å². The Kier molecular flexibility index (Phi) is 10.2. The van der Waals surface area contributed by atoms with Gasteiger partial charge in [-0.05, 0) is 6.54 Å². The van der Waals surface area contributed by atoms with Crippen LogP contribution in [0.1, 0.15) is 6.92 Å². The smallest absolute Gasteiger partial charge is 0.231 e. The van der Waals surface area contributed by atoms with Crippen molar-refractivity contribution in [1.82, 2.24) is 19.6 Å². The fourth-order valence-corrected chi connectivity index (χ4v) is 2.94. The lowest BCUT2D eigenvalue weighted by Gasteiger charge is -2.32. The Bertz CT molecular complexity index is 434. The van der Waals surface area contributed by atoms with Crippen LogP contribution in [0.15, 0.2) is 0 Å². The topological polar surface area (TPSA) is 116 Å². The lowest BCUT2D eigenvalue weighted by atomic mass is 10.3. The molecule has 9 heteroatoms. The van der Waals surface area contributed by atoms with Gasteiger partial charge in [-0.15, -0.1) is 0 Å². The molecule has 0 spiro atoms. The van der Waals surface area contributed by atoms with E-state index >= 15 is 0 Å². The van der Waals surface area contributed by atoms with Crippen LogP contribution in [0.2, 0.25) is 0 Å². The van der Waals surface area contributed by atoms with Gasteiger partial charge in [0.2, 0.25) is 11.8 Å². The van der Waals surface area contributed by atoms with E-state index in [9.17, 15) is 14.4 Å². The van der Waals surface area contributed by atoms with E-state index in [1.165, 1.54) is 0 Å². The quantitative estimate of drug-likeness (QED) is 0.480. The van der Waals surface area contributed by atoms with Crippen LogP contribution in [0.5, 0.6) is 0 Å². The fraction of sp³-hybridized carbons (Fsp3) is 0.812. The third-order valence-electron chi connectivity index (χ3n) is 4.47. The van der Waals surface area contributed by atoms with Gasteiger partial charge in [0.15, 0.2) is 0 Å². The van der Waals surface area contributed by atoms with E-state index in [1.54, 1.807) is 0 Å². The van der Waals surface area contributed by atoms with Crippen molar-refractivity contribution in [1.29, 1.82) is 0 Å². The van der Waals surface area contributed by atoms with Crippen molar-refractivity contribution in [3.8, 4) is 0 Å². The number of nitrogens with two attached hydrogens (primary N) is 2. The number of likely N-dealkylation sites (N-methyl/N-ethyl adjacent to an activating group) is 1. The van der Waals surface area contributed by atoms with Gasteiger partial charge in [0.25, 0.3) is 0 Å². The highest BCUT2D eigenvalue weighted by Crippen LogP contribution is 2.00. The zero-order valence-electron chi connectivity index (χ0n) is 15.2. The van der Waals surface area contributed by atoms with Crippen molar-refractivity contribution in [3.05, 3.63) is 0 Å². The third kappa shape index (κ3) is 9.49. The molecule has 0 aromatic rings. The summed E-state index contributed by atoms with van der Waals surface area (Å²) in [5.41, 5.74) is 10.7. The first-order chi connectivity index (χ1) is 11.9. The van der Waals surface area contributed by atoms with Crippen LogP contribution in [0.3, 0.4) is 0 Å². The summed E-state index contributed by atoms with van der Waals surface area (Å²) in [4.78, 5) is 41.9. The van der Waals surface area contributed by atoms with E-state index in [0.29, 0.717) is 32.7 Å². The molecule has 1 aliphatic rings. The van der Waals surface area contributed by atoms with Gasteiger partial charge in [0, 0.05) is 52.4 Å². The standard InChI is InChI=1S/C16H32N6O3/c1-2-19-3-5-20(11-12-23)6-8-22(14-16(18)25)10-9-21(7-4-19)13-15(17)24/h12H,2-11,13-14H2,1H3,(H2,17,24)(H2,18,25). The summed E-state index contributed by atoms with van der Waals surface area (Å²) in [7, 11) is 0. The molecule has 2 amide bonds. The van der Waals surface area contributed by atoms with E-state index in [1.807, 2.05) is 9.80 Å². The largest absolute Gasteiger partial charge is 0.369 e. The monoisotopic (exact) mass is 356 g/mol. The predicted molar refractivity (Wildman–Crippen MR) is 95.9 cm³/mol. The molecule has 0 atom stereocenters. The average Bonchev–Trinajstić information content (AvgIpc) is 2.54. The number of carbonyl (C=O) groups excluding carboxylic acids is 3. The highest BCUT2D eigenvalue weighted by molar-refractivity contribution is 5.76. The zero-order chi connectivity index (χ0) is 18.7. The van der Waals surface area contributed by atoms with Crippen LogP contribution in [-0.4, -0.2) is 116 Å². The molecule has 1 fully saturated rings. The van der Waals surface area contributed by atoms with E-state index in [-0.39, 0.29) is 24.9 Å². The summed E-state index contributed by atoms with van der Waals surface area (Å²) >= 11 is 0. The van der Waals surface area contributed by atoms with Gasteiger partial charge in [0.05, 0.1) is 19.6 Å². The molecule has 0 unspecified atom stereocenters. The van der Waals surface area contributed by atoms with Crippen LogP contribution in [-0.2, 0) is 14.4 Å². The lowest BCUT2D eigenvalue weighted by Crippen LogP contribution is -2.48. The van der Waals surface area contributed by atoms with Crippen LogP contribution in [0, 0.1) is 0 Å². The minimum Gasteiger partial charge on any atom is -0.369 e. The number of hydrogen-bond donors (Lipinski definition) is 2. The maximum atomic E-state index is 11.3. The molecular weight excluding hydrogens is 324 g/mol. The van der Waals surface area contributed by atoms with E-state index in [2.05, 4.69) is 16.7 Å². The van der Waals surface area contributed by atoms with Crippen LogP contribution in [0.25, 0.3) is 0 Å². The predicted octanol–water partition coefficient (Wildman–Crippen LogP) is -2.60. The lowest BCUT2D eigenvalue weighted by molar-refractivity contribution is -0.120. The van der Waals surface area contributed by atoms with Crippen LogP contribution in [0.4, 0.5) is 0 Å². The Labute approximate surface area is 149 Å². The van der Waals surface area contributed by atoms with E-state index in [0.717, 1.165) is 39.0 Å². The molecule has 0 aromatic carbocycles.